The Labute approximate surface area is 192 Å². The van der Waals surface area contributed by atoms with Crippen LogP contribution in [-0.2, 0) is 20.8 Å². The fraction of sp³-hybridized carbons (Fsp3) is 0.360. The van der Waals surface area contributed by atoms with Crippen LogP contribution in [0.15, 0.2) is 54.6 Å². The first-order valence-electron chi connectivity index (χ1n) is 11.3. The lowest BCUT2D eigenvalue weighted by Gasteiger charge is -2.41. The summed E-state index contributed by atoms with van der Waals surface area (Å²) in [5.74, 6) is -0.839. The molecule has 2 saturated heterocycles. The van der Waals surface area contributed by atoms with Crippen molar-refractivity contribution in [1.29, 1.82) is 0 Å². The van der Waals surface area contributed by atoms with Gasteiger partial charge in [0.25, 0.3) is 0 Å². The molecule has 2 aromatic rings. The van der Waals surface area contributed by atoms with E-state index in [-0.39, 0.29) is 24.7 Å². The fourth-order valence-electron chi connectivity index (χ4n) is 4.46. The summed E-state index contributed by atoms with van der Waals surface area (Å²) in [5, 5.41) is 4.77. The normalized spacial score (nSPS) is 21.3. The Balaban J connectivity index is 1.59. The number of benzene rings is 2. The minimum atomic E-state index is -0.837. The lowest BCUT2D eigenvalue weighted by molar-refractivity contribution is -0.152. The molecule has 33 heavy (non-hydrogen) atoms. The molecule has 8 heteroatoms. The highest BCUT2D eigenvalue weighted by Gasteiger charge is 2.40. The second-order valence-corrected chi connectivity index (χ2v) is 8.35. The number of rotatable bonds is 5. The summed E-state index contributed by atoms with van der Waals surface area (Å²) in [5.41, 5.74) is 3.07. The molecule has 172 valence electrons. The molecule has 2 atom stereocenters. The first kappa shape index (κ1) is 22.5. The summed E-state index contributed by atoms with van der Waals surface area (Å²) in [6.45, 7) is 3.32. The van der Waals surface area contributed by atoms with Gasteiger partial charge in [0.2, 0.25) is 17.7 Å². The summed E-state index contributed by atoms with van der Waals surface area (Å²) in [6.07, 6.45) is 0.649. The molecular weight excluding hydrogens is 420 g/mol. The Bertz CT molecular complexity index is 1060. The molecule has 0 aromatic heterocycles. The highest BCUT2D eigenvalue weighted by molar-refractivity contribution is 5.99. The molecule has 4 rings (SSSR count). The van der Waals surface area contributed by atoms with Crippen LogP contribution in [0, 0.1) is 0 Å². The van der Waals surface area contributed by atoms with E-state index in [0.717, 1.165) is 16.7 Å². The average Bonchev–Trinajstić information content (AvgIpc) is 3.00. The van der Waals surface area contributed by atoms with E-state index in [9.17, 15) is 19.2 Å². The van der Waals surface area contributed by atoms with Gasteiger partial charge in [0.1, 0.15) is 12.1 Å². The van der Waals surface area contributed by atoms with Gasteiger partial charge in [-0.2, -0.15) is 0 Å². The largest absolute Gasteiger partial charge is 0.339 e. The maximum absolute atomic E-state index is 13.4. The van der Waals surface area contributed by atoms with Crippen molar-refractivity contribution in [1.82, 2.24) is 20.4 Å². The highest BCUT2D eigenvalue weighted by Crippen LogP contribution is 2.23. The number of amides is 5. The zero-order valence-electron chi connectivity index (χ0n) is 18.6. The first-order chi connectivity index (χ1) is 16.0. The van der Waals surface area contributed by atoms with Crippen LogP contribution in [0.3, 0.4) is 0 Å². The Kier molecular flexibility index (Phi) is 6.72. The smallest absolute Gasteiger partial charge is 0.322 e. The third kappa shape index (κ3) is 5.05. The van der Waals surface area contributed by atoms with Gasteiger partial charge >= 0.3 is 6.03 Å². The van der Waals surface area contributed by atoms with Gasteiger partial charge in [-0.1, -0.05) is 54.6 Å². The van der Waals surface area contributed by atoms with E-state index >= 15 is 0 Å². The molecule has 0 bridgehead atoms. The molecule has 0 aliphatic carbocycles. The third-order valence-corrected chi connectivity index (χ3v) is 6.23. The van der Waals surface area contributed by atoms with Crippen molar-refractivity contribution < 1.29 is 19.2 Å². The second-order valence-electron chi connectivity index (χ2n) is 8.35. The standard InChI is InChI=1S/C25H28N4O4/c1-2-28-13-14-29(23(31)20-11-12-22(30)27-25(33)26-20)21(24(28)32)16-17-7-6-10-19(15-17)18-8-4-3-5-9-18/h3-10,15,20-21H,2,11-14,16H2,1H3,(H2,26,27,30,33)/t20-,21-/m0/s1. The van der Waals surface area contributed by atoms with Crippen LogP contribution in [0.5, 0.6) is 0 Å². The Morgan fingerprint density at radius 1 is 1.00 bits per heavy atom. The van der Waals surface area contributed by atoms with Gasteiger partial charge in [-0.25, -0.2) is 4.79 Å². The molecule has 0 saturated carbocycles. The Hall–Kier alpha value is -3.68. The van der Waals surface area contributed by atoms with Crippen molar-refractivity contribution in [3.05, 3.63) is 60.2 Å². The molecule has 0 radical (unpaired) electrons. The lowest BCUT2D eigenvalue weighted by Crippen LogP contribution is -2.62. The van der Waals surface area contributed by atoms with E-state index in [1.165, 1.54) is 0 Å². The fourth-order valence-corrected chi connectivity index (χ4v) is 4.46. The van der Waals surface area contributed by atoms with Crippen LogP contribution >= 0.6 is 0 Å². The monoisotopic (exact) mass is 448 g/mol. The van der Waals surface area contributed by atoms with Gasteiger partial charge in [0.15, 0.2) is 0 Å². The van der Waals surface area contributed by atoms with Crippen molar-refractivity contribution in [3.63, 3.8) is 0 Å². The molecule has 2 aromatic carbocycles. The number of nitrogens with zero attached hydrogens (tertiary/aromatic N) is 2. The van der Waals surface area contributed by atoms with Gasteiger partial charge in [-0.05, 0) is 30.0 Å². The quantitative estimate of drug-likeness (QED) is 0.730. The molecule has 5 amide bonds. The van der Waals surface area contributed by atoms with Gasteiger partial charge in [0.05, 0.1) is 0 Å². The van der Waals surface area contributed by atoms with Crippen molar-refractivity contribution in [3.8, 4) is 11.1 Å². The molecule has 2 N–H and O–H groups in total. The summed E-state index contributed by atoms with van der Waals surface area (Å²) in [4.78, 5) is 53.6. The predicted molar refractivity (Wildman–Crippen MR) is 123 cm³/mol. The van der Waals surface area contributed by atoms with E-state index in [4.69, 9.17) is 0 Å². The van der Waals surface area contributed by atoms with Crippen molar-refractivity contribution in [2.45, 2.75) is 38.3 Å². The van der Waals surface area contributed by atoms with Crippen LogP contribution in [0.2, 0.25) is 0 Å². The molecule has 8 nitrogen and oxygen atoms in total. The number of hydrogen-bond donors (Lipinski definition) is 2. The maximum atomic E-state index is 13.4. The first-order valence-corrected chi connectivity index (χ1v) is 11.3. The minimum Gasteiger partial charge on any atom is -0.339 e. The molecule has 2 aliphatic heterocycles. The van der Waals surface area contributed by atoms with E-state index in [0.29, 0.717) is 26.1 Å². The zero-order chi connectivity index (χ0) is 23.4. The molecular formula is C25H28N4O4. The molecule has 2 heterocycles. The number of carbonyl (C=O) groups is 4. The van der Waals surface area contributed by atoms with Crippen LogP contribution < -0.4 is 10.6 Å². The Morgan fingerprint density at radius 2 is 1.76 bits per heavy atom. The van der Waals surface area contributed by atoms with E-state index in [2.05, 4.69) is 10.6 Å². The topological polar surface area (TPSA) is 98.8 Å². The van der Waals surface area contributed by atoms with Gasteiger partial charge in [-0.15, -0.1) is 0 Å². The van der Waals surface area contributed by atoms with E-state index in [1.54, 1.807) is 9.80 Å². The number of piperazine rings is 1. The zero-order valence-corrected chi connectivity index (χ0v) is 18.6. The van der Waals surface area contributed by atoms with Crippen molar-refractivity contribution >= 4 is 23.8 Å². The number of hydrogen-bond acceptors (Lipinski definition) is 4. The summed E-state index contributed by atoms with van der Waals surface area (Å²) in [6, 6.07) is 15.8. The van der Waals surface area contributed by atoms with Crippen molar-refractivity contribution in [2.75, 3.05) is 19.6 Å². The number of carbonyl (C=O) groups excluding carboxylic acids is 4. The maximum Gasteiger partial charge on any atom is 0.322 e. The van der Waals surface area contributed by atoms with Gasteiger partial charge in [-0.3, -0.25) is 19.7 Å². The third-order valence-electron chi connectivity index (χ3n) is 6.23. The number of likely N-dealkylation sites (N-methyl/N-ethyl adjacent to an activating group) is 1. The minimum absolute atomic E-state index is 0.0712. The van der Waals surface area contributed by atoms with Crippen LogP contribution in [0.1, 0.15) is 25.3 Å². The number of urea groups is 1. The summed E-state index contributed by atoms with van der Waals surface area (Å²) < 4.78 is 0. The second kappa shape index (κ2) is 9.85. The van der Waals surface area contributed by atoms with Crippen LogP contribution in [-0.4, -0.2) is 65.3 Å². The molecule has 0 unspecified atom stereocenters. The number of nitrogens with one attached hydrogen (secondary N) is 2. The summed E-state index contributed by atoms with van der Waals surface area (Å²) in [7, 11) is 0. The SMILES string of the molecule is CCN1CCN(C(=O)[C@@H]2CCC(=O)NC(=O)N2)[C@@H](Cc2cccc(-c3ccccc3)c2)C1=O. The van der Waals surface area contributed by atoms with Crippen molar-refractivity contribution in [2.24, 2.45) is 0 Å². The highest BCUT2D eigenvalue weighted by atomic mass is 16.2. The van der Waals surface area contributed by atoms with Crippen LogP contribution in [0.4, 0.5) is 4.79 Å². The van der Waals surface area contributed by atoms with Crippen LogP contribution in [0.25, 0.3) is 11.1 Å². The summed E-state index contributed by atoms with van der Waals surface area (Å²) >= 11 is 0. The average molecular weight is 449 g/mol. The van der Waals surface area contributed by atoms with Gasteiger partial charge in [0, 0.05) is 32.5 Å². The number of imide groups is 1. The molecule has 2 aliphatic rings. The van der Waals surface area contributed by atoms with E-state index < -0.39 is 24.0 Å². The molecule has 0 spiro atoms. The van der Waals surface area contributed by atoms with Gasteiger partial charge < -0.3 is 15.1 Å². The molecule has 2 fully saturated rings. The Morgan fingerprint density at radius 3 is 2.52 bits per heavy atom. The lowest BCUT2D eigenvalue weighted by atomic mass is 9.96. The van der Waals surface area contributed by atoms with E-state index in [1.807, 2.05) is 61.5 Å². The predicted octanol–water partition coefficient (Wildman–Crippen LogP) is 1.94.